The van der Waals surface area contributed by atoms with E-state index in [0.29, 0.717) is 25.9 Å². The topological polar surface area (TPSA) is 118 Å². The zero-order valence-corrected chi connectivity index (χ0v) is 14.7. The monoisotopic (exact) mass is 352 g/mol. The SMILES string of the molecule is CC(C)(C)OC(=O)N1CCC(C(=O)NNC(=O)Cn2nccn2)CC1. The number of nitrogens with one attached hydrogen (secondary N) is 2. The van der Waals surface area contributed by atoms with Crippen molar-refractivity contribution in [3.8, 4) is 0 Å². The van der Waals surface area contributed by atoms with E-state index in [1.807, 2.05) is 20.8 Å². The van der Waals surface area contributed by atoms with Crippen LogP contribution in [0.4, 0.5) is 4.79 Å². The number of hydrazine groups is 1. The van der Waals surface area contributed by atoms with Gasteiger partial charge in [-0.25, -0.2) is 4.79 Å². The fourth-order valence-corrected chi connectivity index (χ4v) is 2.38. The van der Waals surface area contributed by atoms with Gasteiger partial charge in [0, 0.05) is 19.0 Å². The molecule has 2 rings (SSSR count). The third-order valence-electron chi connectivity index (χ3n) is 3.59. The highest BCUT2D eigenvalue weighted by Crippen LogP contribution is 2.19. The number of hydrogen-bond acceptors (Lipinski definition) is 6. The molecular formula is C15H24N6O4. The molecular weight excluding hydrogens is 328 g/mol. The molecule has 1 aromatic heterocycles. The summed E-state index contributed by atoms with van der Waals surface area (Å²) in [7, 11) is 0. The summed E-state index contributed by atoms with van der Waals surface area (Å²) in [6, 6.07) is 0. The van der Waals surface area contributed by atoms with E-state index in [-0.39, 0.29) is 24.5 Å². The Hall–Kier alpha value is -2.65. The number of aromatic nitrogens is 3. The molecule has 10 heteroatoms. The maximum Gasteiger partial charge on any atom is 0.410 e. The molecule has 1 aliphatic rings. The van der Waals surface area contributed by atoms with Gasteiger partial charge in [-0.2, -0.15) is 15.0 Å². The third-order valence-corrected chi connectivity index (χ3v) is 3.59. The average Bonchev–Trinajstić information content (AvgIpc) is 3.04. The van der Waals surface area contributed by atoms with E-state index in [1.54, 1.807) is 4.90 Å². The average molecular weight is 352 g/mol. The van der Waals surface area contributed by atoms with Crippen LogP contribution in [0.5, 0.6) is 0 Å². The van der Waals surface area contributed by atoms with Crippen LogP contribution in [0.3, 0.4) is 0 Å². The quantitative estimate of drug-likeness (QED) is 0.743. The smallest absolute Gasteiger partial charge is 0.410 e. The number of ether oxygens (including phenoxy) is 1. The van der Waals surface area contributed by atoms with Gasteiger partial charge in [0.1, 0.15) is 12.1 Å². The zero-order valence-electron chi connectivity index (χ0n) is 14.7. The van der Waals surface area contributed by atoms with Gasteiger partial charge in [0.15, 0.2) is 0 Å². The lowest BCUT2D eigenvalue weighted by Gasteiger charge is -2.32. The number of nitrogens with zero attached hydrogens (tertiary/aromatic N) is 4. The number of rotatable bonds is 3. The van der Waals surface area contributed by atoms with Crippen LogP contribution in [0.25, 0.3) is 0 Å². The predicted octanol–water partition coefficient (Wildman–Crippen LogP) is 0.0726. The number of piperidine rings is 1. The second-order valence-electron chi connectivity index (χ2n) is 6.84. The highest BCUT2D eigenvalue weighted by Gasteiger charge is 2.30. The molecule has 2 N–H and O–H groups in total. The minimum absolute atomic E-state index is 0.0790. The van der Waals surface area contributed by atoms with Crippen LogP contribution in [0.1, 0.15) is 33.6 Å². The Morgan fingerprint density at radius 3 is 2.28 bits per heavy atom. The van der Waals surface area contributed by atoms with Gasteiger partial charge in [-0.15, -0.1) is 0 Å². The Balaban J connectivity index is 1.70. The van der Waals surface area contributed by atoms with Crippen LogP contribution in [0, 0.1) is 5.92 Å². The Morgan fingerprint density at radius 1 is 1.12 bits per heavy atom. The number of carbonyl (C=O) groups is 3. The van der Waals surface area contributed by atoms with E-state index >= 15 is 0 Å². The largest absolute Gasteiger partial charge is 0.444 e. The summed E-state index contributed by atoms with van der Waals surface area (Å²) >= 11 is 0. The van der Waals surface area contributed by atoms with Crippen LogP contribution in [-0.2, 0) is 20.9 Å². The van der Waals surface area contributed by atoms with Crippen LogP contribution in [0.2, 0.25) is 0 Å². The first-order valence-corrected chi connectivity index (χ1v) is 8.15. The maximum absolute atomic E-state index is 12.1. The molecule has 1 aromatic rings. The molecule has 1 aliphatic heterocycles. The fourth-order valence-electron chi connectivity index (χ4n) is 2.38. The summed E-state index contributed by atoms with van der Waals surface area (Å²) in [5.41, 5.74) is 4.20. The van der Waals surface area contributed by atoms with Gasteiger partial charge in [0.25, 0.3) is 5.91 Å². The molecule has 0 bridgehead atoms. The highest BCUT2D eigenvalue weighted by atomic mass is 16.6. The first-order chi connectivity index (χ1) is 11.7. The van der Waals surface area contributed by atoms with Gasteiger partial charge in [0.2, 0.25) is 5.91 Å². The Morgan fingerprint density at radius 2 is 1.72 bits per heavy atom. The molecule has 0 unspecified atom stereocenters. The van der Waals surface area contributed by atoms with Crippen molar-refractivity contribution in [1.82, 2.24) is 30.7 Å². The second kappa shape index (κ2) is 7.95. The summed E-state index contributed by atoms with van der Waals surface area (Å²) in [6.07, 6.45) is 3.59. The van der Waals surface area contributed by atoms with Crippen molar-refractivity contribution >= 4 is 17.9 Å². The van der Waals surface area contributed by atoms with Crippen molar-refractivity contribution < 1.29 is 19.1 Å². The van der Waals surface area contributed by atoms with Crippen molar-refractivity contribution in [3.05, 3.63) is 12.4 Å². The van der Waals surface area contributed by atoms with Gasteiger partial charge in [-0.3, -0.25) is 20.4 Å². The minimum Gasteiger partial charge on any atom is -0.444 e. The van der Waals surface area contributed by atoms with Gasteiger partial charge < -0.3 is 9.64 Å². The summed E-state index contributed by atoms with van der Waals surface area (Å²) in [6.45, 7) is 6.24. The number of amides is 3. The van der Waals surface area contributed by atoms with Gasteiger partial charge in [0.05, 0.1) is 12.4 Å². The predicted molar refractivity (Wildman–Crippen MR) is 86.8 cm³/mol. The Labute approximate surface area is 145 Å². The van der Waals surface area contributed by atoms with Crippen molar-refractivity contribution in [1.29, 1.82) is 0 Å². The summed E-state index contributed by atoms with van der Waals surface area (Å²) in [5, 5.41) is 7.61. The normalized spacial score (nSPS) is 15.6. The van der Waals surface area contributed by atoms with E-state index in [4.69, 9.17) is 4.74 Å². The van der Waals surface area contributed by atoms with Crippen molar-refractivity contribution in [2.24, 2.45) is 5.92 Å². The Bertz CT molecular complexity index is 602. The molecule has 0 atom stereocenters. The van der Waals surface area contributed by atoms with E-state index in [2.05, 4.69) is 21.0 Å². The van der Waals surface area contributed by atoms with Gasteiger partial charge in [-0.05, 0) is 33.6 Å². The molecule has 3 amide bonds. The molecule has 0 spiro atoms. The van der Waals surface area contributed by atoms with Gasteiger partial charge in [-0.1, -0.05) is 0 Å². The number of likely N-dealkylation sites (tertiary alicyclic amines) is 1. The molecule has 0 radical (unpaired) electrons. The molecule has 0 aliphatic carbocycles. The Kier molecular flexibility index (Phi) is 5.94. The first-order valence-electron chi connectivity index (χ1n) is 8.15. The lowest BCUT2D eigenvalue weighted by atomic mass is 9.96. The molecule has 0 aromatic carbocycles. The molecule has 1 fully saturated rings. The molecule has 25 heavy (non-hydrogen) atoms. The number of hydrogen-bond donors (Lipinski definition) is 2. The summed E-state index contributed by atoms with van der Waals surface area (Å²) in [4.78, 5) is 38.6. The second-order valence-corrected chi connectivity index (χ2v) is 6.84. The molecule has 1 saturated heterocycles. The zero-order chi connectivity index (χ0) is 18.4. The van der Waals surface area contributed by atoms with Crippen LogP contribution in [0.15, 0.2) is 12.4 Å². The molecule has 10 nitrogen and oxygen atoms in total. The van der Waals surface area contributed by atoms with Crippen LogP contribution in [-0.4, -0.2) is 56.5 Å². The molecule has 2 heterocycles. The third kappa shape index (κ3) is 6.05. The first kappa shape index (κ1) is 18.7. The fraction of sp³-hybridized carbons (Fsp3) is 0.667. The lowest BCUT2D eigenvalue weighted by Crippen LogP contribution is -2.49. The van der Waals surface area contributed by atoms with E-state index in [0.717, 1.165) is 0 Å². The standard InChI is InChI=1S/C15H24N6O4/c1-15(2,3)25-14(24)20-8-4-11(5-9-20)13(23)19-18-12(22)10-21-16-6-7-17-21/h6-7,11H,4-5,8-10H2,1-3H3,(H,18,22)(H,19,23). The van der Waals surface area contributed by atoms with E-state index < -0.39 is 11.5 Å². The van der Waals surface area contributed by atoms with E-state index in [1.165, 1.54) is 17.2 Å². The van der Waals surface area contributed by atoms with Crippen LogP contribution >= 0.6 is 0 Å². The summed E-state index contributed by atoms with van der Waals surface area (Å²) in [5.74, 6) is -0.955. The van der Waals surface area contributed by atoms with Crippen LogP contribution < -0.4 is 10.9 Å². The van der Waals surface area contributed by atoms with Crippen molar-refractivity contribution in [2.45, 2.75) is 45.8 Å². The van der Waals surface area contributed by atoms with Gasteiger partial charge >= 0.3 is 6.09 Å². The maximum atomic E-state index is 12.1. The van der Waals surface area contributed by atoms with E-state index in [9.17, 15) is 14.4 Å². The van der Waals surface area contributed by atoms with Crippen molar-refractivity contribution in [3.63, 3.8) is 0 Å². The highest BCUT2D eigenvalue weighted by molar-refractivity contribution is 5.83. The lowest BCUT2D eigenvalue weighted by molar-refractivity contribution is -0.132. The molecule has 138 valence electrons. The van der Waals surface area contributed by atoms with Crippen molar-refractivity contribution in [2.75, 3.05) is 13.1 Å². The number of carbonyl (C=O) groups excluding carboxylic acids is 3. The minimum atomic E-state index is -0.543. The summed E-state index contributed by atoms with van der Waals surface area (Å²) < 4.78 is 5.32. The molecule has 0 saturated carbocycles.